The zero-order valence-corrected chi connectivity index (χ0v) is 24.4. The van der Waals surface area contributed by atoms with Gasteiger partial charge in [0.25, 0.3) is 0 Å². The van der Waals surface area contributed by atoms with Crippen LogP contribution >= 0.6 is 0 Å². The Balaban J connectivity index is 1.39. The fourth-order valence-corrected chi connectivity index (χ4v) is 5.13. The molecule has 1 aliphatic heterocycles. The number of rotatable bonds is 12. The molecular weight excluding hydrogens is 550 g/mol. The van der Waals surface area contributed by atoms with Crippen LogP contribution in [-0.2, 0) is 32.1 Å². The molecule has 43 heavy (non-hydrogen) atoms. The van der Waals surface area contributed by atoms with Crippen molar-refractivity contribution in [1.29, 1.82) is 0 Å². The number of amides is 3. The fourth-order valence-electron chi connectivity index (χ4n) is 5.13. The van der Waals surface area contributed by atoms with Gasteiger partial charge >= 0.3 is 12.1 Å². The third-order valence-corrected chi connectivity index (χ3v) is 7.52. The van der Waals surface area contributed by atoms with E-state index >= 15 is 0 Å². The third-order valence-electron chi connectivity index (χ3n) is 7.52. The van der Waals surface area contributed by atoms with Gasteiger partial charge in [-0.3, -0.25) is 14.4 Å². The smallest absolute Gasteiger partial charge is 0.408 e. The Morgan fingerprint density at radius 1 is 1.05 bits per heavy atom. The van der Waals surface area contributed by atoms with Crippen LogP contribution in [0.4, 0.5) is 10.5 Å². The van der Waals surface area contributed by atoms with Gasteiger partial charge in [-0.15, -0.1) is 0 Å². The van der Waals surface area contributed by atoms with Gasteiger partial charge in [-0.05, 0) is 84.7 Å². The number of anilines is 1. The van der Waals surface area contributed by atoms with Crippen molar-refractivity contribution in [2.45, 2.75) is 58.6 Å². The number of ether oxygens (including phenoxy) is 2. The number of carboxylic acids is 1. The van der Waals surface area contributed by atoms with Crippen LogP contribution in [0.1, 0.15) is 47.9 Å². The fraction of sp³-hybridized carbons (Fsp3) is 0.333. The van der Waals surface area contributed by atoms with Crippen LogP contribution in [0.3, 0.4) is 0 Å². The number of fused-ring (bicyclic) bond motifs is 1. The van der Waals surface area contributed by atoms with Crippen LogP contribution in [-0.4, -0.2) is 48.2 Å². The topological polar surface area (TPSA) is 148 Å². The van der Waals surface area contributed by atoms with Crippen molar-refractivity contribution in [2.75, 3.05) is 18.1 Å². The minimum Gasteiger partial charge on any atom is -0.493 e. The van der Waals surface area contributed by atoms with Crippen LogP contribution in [0.2, 0.25) is 0 Å². The summed E-state index contributed by atoms with van der Waals surface area (Å²) < 4.78 is 11.2. The van der Waals surface area contributed by atoms with E-state index in [1.165, 1.54) is 5.56 Å². The molecule has 0 fully saturated rings. The number of primary amides is 1. The first-order valence-electron chi connectivity index (χ1n) is 14.3. The molecule has 10 nitrogen and oxygen atoms in total. The Morgan fingerprint density at radius 3 is 2.58 bits per heavy atom. The zero-order valence-electron chi connectivity index (χ0n) is 24.4. The average molecular weight is 588 g/mol. The van der Waals surface area contributed by atoms with Gasteiger partial charge in [0.15, 0.2) is 0 Å². The summed E-state index contributed by atoms with van der Waals surface area (Å²) in [5.74, 6) is -1.33. The number of carbonyl (C=O) groups excluding carboxylic acids is 3. The van der Waals surface area contributed by atoms with E-state index in [1.807, 2.05) is 73.3 Å². The molecule has 4 N–H and O–H groups in total. The monoisotopic (exact) mass is 587 g/mol. The van der Waals surface area contributed by atoms with Gasteiger partial charge in [0, 0.05) is 18.7 Å². The molecule has 4 rings (SSSR count). The molecule has 10 heteroatoms. The molecule has 0 spiro atoms. The summed E-state index contributed by atoms with van der Waals surface area (Å²) in [6.45, 7) is 5.10. The zero-order chi connectivity index (χ0) is 30.9. The first-order valence-corrected chi connectivity index (χ1v) is 14.3. The molecule has 3 aromatic carbocycles. The van der Waals surface area contributed by atoms with Gasteiger partial charge in [-0.1, -0.05) is 42.5 Å². The molecule has 0 aromatic heterocycles. The molecule has 1 heterocycles. The summed E-state index contributed by atoms with van der Waals surface area (Å²) in [6.07, 6.45) is 1.08. The molecule has 0 saturated heterocycles. The van der Waals surface area contributed by atoms with Crippen molar-refractivity contribution in [3.63, 3.8) is 0 Å². The van der Waals surface area contributed by atoms with Crippen LogP contribution in [0, 0.1) is 13.8 Å². The molecule has 0 radical (unpaired) electrons. The van der Waals surface area contributed by atoms with E-state index in [2.05, 4.69) is 5.32 Å². The maximum atomic E-state index is 13.3. The number of benzene rings is 3. The lowest BCUT2D eigenvalue weighted by Gasteiger charge is -2.31. The second kappa shape index (κ2) is 14.4. The van der Waals surface area contributed by atoms with Gasteiger partial charge in [0.1, 0.15) is 18.4 Å². The van der Waals surface area contributed by atoms with E-state index in [1.54, 1.807) is 6.07 Å². The first-order chi connectivity index (χ1) is 20.6. The number of aliphatic carboxylic acids is 1. The lowest BCUT2D eigenvalue weighted by Crippen LogP contribution is -2.45. The van der Waals surface area contributed by atoms with Crippen molar-refractivity contribution in [3.8, 4) is 16.9 Å². The van der Waals surface area contributed by atoms with Crippen molar-refractivity contribution in [2.24, 2.45) is 5.73 Å². The Kier molecular flexibility index (Phi) is 10.4. The number of nitrogens with one attached hydrogen (secondary N) is 1. The molecule has 3 amide bonds. The molecule has 226 valence electrons. The number of aryl methyl sites for hydroxylation is 1. The van der Waals surface area contributed by atoms with E-state index in [0.29, 0.717) is 31.6 Å². The molecule has 1 atom stereocenters. The van der Waals surface area contributed by atoms with E-state index in [4.69, 9.17) is 20.3 Å². The standard InChI is InChI=1S/C33H37N3O7/c1-21-8-3-14-29(22(21)2)42-17-7-15-30(37)36-16-6-12-26-25(11-5-13-28(26)36)24-10-4-9-23(18-24)20-43-33(41)35-27(32(34)40)19-31(38)39/h3-5,8-11,13-14,18,27H,6-7,12,15-17,19-20H2,1-2H3,(H2,34,40)(H,35,41)(H,38,39)/t27-/m0/s1. The van der Waals surface area contributed by atoms with E-state index in [0.717, 1.165) is 46.5 Å². The van der Waals surface area contributed by atoms with Gasteiger partial charge in [0.2, 0.25) is 11.8 Å². The second-order valence-electron chi connectivity index (χ2n) is 10.6. The van der Waals surface area contributed by atoms with Gasteiger partial charge in [-0.25, -0.2) is 4.79 Å². The summed E-state index contributed by atoms with van der Waals surface area (Å²) in [4.78, 5) is 49.7. The second-order valence-corrected chi connectivity index (χ2v) is 10.6. The van der Waals surface area contributed by atoms with Crippen molar-refractivity contribution in [1.82, 2.24) is 5.32 Å². The Hall–Kier alpha value is -4.86. The molecular formula is C33H37N3O7. The number of hydrogen-bond donors (Lipinski definition) is 3. The lowest BCUT2D eigenvalue weighted by atomic mass is 9.91. The average Bonchev–Trinajstić information content (AvgIpc) is 2.99. The van der Waals surface area contributed by atoms with Crippen LogP contribution in [0.15, 0.2) is 60.7 Å². The lowest BCUT2D eigenvalue weighted by molar-refractivity contribution is -0.139. The number of carboxylic acid groups (broad SMARTS) is 1. The summed E-state index contributed by atoms with van der Waals surface area (Å²) in [7, 11) is 0. The predicted octanol–water partition coefficient (Wildman–Crippen LogP) is 4.66. The quantitative estimate of drug-likeness (QED) is 0.261. The summed E-state index contributed by atoms with van der Waals surface area (Å²) in [6, 6.07) is 18.0. The molecule has 0 saturated carbocycles. The Morgan fingerprint density at radius 2 is 1.81 bits per heavy atom. The summed E-state index contributed by atoms with van der Waals surface area (Å²) in [5.41, 5.74) is 12.0. The first kappa shape index (κ1) is 31.1. The third kappa shape index (κ3) is 8.12. The van der Waals surface area contributed by atoms with Crippen LogP contribution in [0.5, 0.6) is 5.75 Å². The molecule has 3 aromatic rings. The van der Waals surface area contributed by atoms with Crippen molar-refractivity contribution in [3.05, 3.63) is 82.9 Å². The highest BCUT2D eigenvalue weighted by molar-refractivity contribution is 5.96. The molecule has 0 aliphatic carbocycles. The van der Waals surface area contributed by atoms with Crippen LogP contribution < -0.4 is 20.7 Å². The number of carbonyl (C=O) groups is 4. The van der Waals surface area contributed by atoms with E-state index in [9.17, 15) is 19.2 Å². The van der Waals surface area contributed by atoms with Gasteiger partial charge in [0.05, 0.1) is 13.0 Å². The van der Waals surface area contributed by atoms with E-state index < -0.39 is 30.4 Å². The largest absolute Gasteiger partial charge is 0.493 e. The molecule has 1 aliphatic rings. The highest BCUT2D eigenvalue weighted by Gasteiger charge is 2.25. The van der Waals surface area contributed by atoms with Crippen molar-refractivity contribution >= 4 is 29.6 Å². The Bertz CT molecular complexity index is 1500. The van der Waals surface area contributed by atoms with Gasteiger partial charge < -0.3 is 30.5 Å². The number of alkyl carbamates (subject to hydrolysis) is 1. The number of nitrogens with zero attached hydrogens (tertiary/aromatic N) is 1. The highest BCUT2D eigenvalue weighted by Crippen LogP contribution is 2.36. The minimum atomic E-state index is -1.37. The summed E-state index contributed by atoms with van der Waals surface area (Å²) >= 11 is 0. The number of nitrogens with two attached hydrogens (primary N) is 1. The summed E-state index contributed by atoms with van der Waals surface area (Å²) in [5, 5.41) is 11.1. The maximum Gasteiger partial charge on any atom is 0.408 e. The maximum absolute atomic E-state index is 13.3. The number of hydrogen-bond acceptors (Lipinski definition) is 6. The highest BCUT2D eigenvalue weighted by atomic mass is 16.5. The normalized spacial score (nSPS) is 13.0. The molecule has 0 unspecified atom stereocenters. The SMILES string of the molecule is Cc1cccc(OCCCC(=O)N2CCCc3c(-c4cccc(COC(=O)N[C@@H](CC(=O)O)C(N)=O)c4)cccc32)c1C. The minimum absolute atomic E-state index is 0.0630. The predicted molar refractivity (Wildman–Crippen MR) is 162 cm³/mol. The van der Waals surface area contributed by atoms with E-state index in [-0.39, 0.29) is 12.5 Å². The van der Waals surface area contributed by atoms with Crippen LogP contribution in [0.25, 0.3) is 11.1 Å². The Labute approximate surface area is 250 Å². The molecule has 0 bridgehead atoms. The van der Waals surface area contributed by atoms with Gasteiger partial charge in [-0.2, -0.15) is 0 Å². The van der Waals surface area contributed by atoms with Crippen molar-refractivity contribution < 1.29 is 33.8 Å².